The largest absolute Gasteiger partial charge is 2.00 e. The van der Waals surface area contributed by atoms with Gasteiger partial charge in [-0.25, -0.2) is 0 Å². The number of hydrogen-bond acceptors (Lipinski definition) is 7. The molecule has 0 heterocycles. The Bertz CT molecular complexity index is 427. The zero-order valence-corrected chi connectivity index (χ0v) is 13.8. The van der Waals surface area contributed by atoms with Gasteiger partial charge in [0.05, 0.1) is 7.82 Å². The maximum absolute atomic E-state index is 10.4. The minimum absolute atomic E-state index is 0. The average molecular weight is 462 g/mol. The Morgan fingerprint density at radius 3 is 2.17 bits per heavy atom. The summed E-state index contributed by atoms with van der Waals surface area (Å²) in [4.78, 5) is 41.4. The molecule has 1 aromatic rings. The Morgan fingerprint density at radius 1 is 1.17 bits per heavy atom. The first kappa shape index (κ1) is 20.3. The third-order valence-electron chi connectivity index (χ3n) is 1.42. The first-order valence-electron chi connectivity index (χ1n) is 3.88. The molecular formula is C8H8O7P2W-4. The van der Waals surface area contributed by atoms with Crippen molar-refractivity contribution in [3.05, 3.63) is 37.3 Å². The van der Waals surface area contributed by atoms with Crippen LogP contribution in [-0.2, 0) is 36.4 Å². The smallest absolute Gasteiger partial charge is 0.811 e. The molecule has 7 nitrogen and oxygen atoms in total. The van der Waals surface area contributed by atoms with Crippen LogP contribution < -0.4 is 24.1 Å². The predicted octanol–water partition coefficient (Wildman–Crippen LogP) is -1.44. The molecular weight excluding hydrogens is 454 g/mol. The molecule has 0 spiro atoms. The summed E-state index contributed by atoms with van der Waals surface area (Å²) in [5.41, 5.74) is -0.000664. The van der Waals surface area contributed by atoms with E-state index in [-0.39, 0.29) is 39.8 Å². The predicted molar refractivity (Wildman–Crippen MR) is 51.2 cm³/mol. The first-order valence-corrected chi connectivity index (χ1v) is 7.07. The Hall–Kier alpha value is 0.00831. The molecule has 10 heteroatoms. The van der Waals surface area contributed by atoms with Crippen LogP contribution in [-0.4, -0.2) is 0 Å². The topological polar surface area (TPSA) is 136 Å². The van der Waals surface area contributed by atoms with Crippen LogP contribution in [0.2, 0.25) is 0 Å². The van der Waals surface area contributed by atoms with E-state index in [4.69, 9.17) is 0 Å². The van der Waals surface area contributed by atoms with E-state index in [9.17, 15) is 28.7 Å². The number of phosphoric ester groups is 1. The molecule has 0 aliphatic heterocycles. The molecule has 1 aromatic carbocycles. The number of benzene rings is 1. The Balaban J connectivity index is 0. The molecule has 1 rings (SSSR count). The Labute approximate surface area is 119 Å². The van der Waals surface area contributed by atoms with Crippen LogP contribution in [0.4, 0.5) is 0 Å². The molecule has 18 heavy (non-hydrogen) atoms. The van der Waals surface area contributed by atoms with Crippen molar-refractivity contribution in [2.24, 2.45) is 0 Å². The molecule has 0 aliphatic rings. The monoisotopic (exact) mass is 462 g/mol. The van der Waals surface area contributed by atoms with Crippen LogP contribution in [0, 0.1) is 13.5 Å². The van der Waals surface area contributed by atoms with Gasteiger partial charge in [-0.3, -0.25) is 0 Å². The molecule has 0 bridgehead atoms. The number of rotatable bonds is 4. The van der Waals surface area contributed by atoms with Crippen molar-refractivity contribution in [1.29, 1.82) is 0 Å². The van der Waals surface area contributed by atoms with E-state index < -0.39 is 21.6 Å². The van der Waals surface area contributed by atoms with Crippen molar-refractivity contribution in [3.8, 4) is 5.75 Å². The Kier molecular flexibility index (Phi) is 8.54. The molecule has 0 aromatic heterocycles. The molecule has 0 saturated carbocycles. The van der Waals surface area contributed by atoms with E-state index in [0.29, 0.717) is 0 Å². The van der Waals surface area contributed by atoms with Gasteiger partial charge in [0.25, 0.3) is 0 Å². The van der Waals surface area contributed by atoms with E-state index in [0.717, 1.165) is 12.1 Å². The van der Waals surface area contributed by atoms with Crippen molar-refractivity contribution in [1.82, 2.24) is 0 Å². The minimum atomic E-state index is -5.20. The van der Waals surface area contributed by atoms with Gasteiger partial charge < -0.3 is 40.7 Å². The van der Waals surface area contributed by atoms with Gasteiger partial charge in [-0.15, -0.1) is 17.7 Å². The molecule has 0 N–H and O–H groups in total. The molecule has 0 fully saturated rings. The second-order valence-corrected chi connectivity index (χ2v) is 5.50. The number of phosphoric acid groups is 1. The van der Waals surface area contributed by atoms with Gasteiger partial charge in [0.2, 0.25) is 0 Å². The van der Waals surface area contributed by atoms with Gasteiger partial charge in [0.15, 0.2) is 0 Å². The fraction of sp³-hybridized carbons (Fsp3) is 0.125. The van der Waals surface area contributed by atoms with Crippen LogP contribution >= 0.6 is 15.4 Å². The van der Waals surface area contributed by atoms with Crippen LogP contribution in [0.3, 0.4) is 0 Å². The van der Waals surface area contributed by atoms with Crippen LogP contribution in [0.15, 0.2) is 18.2 Å². The SMILES string of the molecule is O=P([O-])([O-])Cc1c[c-]cc(OP(=O)([O-])[O-])c1.[CH3-].[W+2]. The van der Waals surface area contributed by atoms with Crippen LogP contribution in [0.5, 0.6) is 5.75 Å². The average Bonchev–Trinajstić information content (AvgIpc) is 1.96. The summed E-state index contributed by atoms with van der Waals surface area (Å²) in [6.07, 6.45) is -0.803. The summed E-state index contributed by atoms with van der Waals surface area (Å²) in [6, 6.07) is 5.54. The molecule has 0 saturated heterocycles. The third-order valence-corrected chi connectivity index (χ3v) is 2.60. The van der Waals surface area contributed by atoms with E-state index in [1.165, 1.54) is 6.07 Å². The van der Waals surface area contributed by atoms with Crippen molar-refractivity contribution < 1.29 is 54.3 Å². The van der Waals surface area contributed by atoms with Gasteiger partial charge in [-0.1, -0.05) is 7.60 Å². The van der Waals surface area contributed by atoms with Crippen molar-refractivity contribution in [2.75, 3.05) is 0 Å². The molecule has 102 valence electrons. The van der Waals surface area contributed by atoms with Gasteiger partial charge in [-0.2, -0.15) is 12.1 Å². The fourth-order valence-corrected chi connectivity index (χ4v) is 1.99. The van der Waals surface area contributed by atoms with E-state index in [2.05, 4.69) is 10.6 Å². The molecule has 0 radical (unpaired) electrons. The van der Waals surface area contributed by atoms with Crippen LogP contribution in [0.25, 0.3) is 0 Å². The van der Waals surface area contributed by atoms with Gasteiger partial charge in [0, 0.05) is 5.75 Å². The summed E-state index contributed by atoms with van der Waals surface area (Å²) in [6.45, 7) is 0. The minimum Gasteiger partial charge on any atom is -0.811 e. The van der Waals surface area contributed by atoms with Gasteiger partial charge >= 0.3 is 21.1 Å². The molecule has 0 atom stereocenters. The second kappa shape index (κ2) is 7.56. The summed E-state index contributed by atoms with van der Waals surface area (Å²) < 4.78 is 24.7. The van der Waals surface area contributed by atoms with Crippen LogP contribution in [0.1, 0.15) is 5.56 Å². The number of hydrogen-bond donors (Lipinski definition) is 0. The first-order chi connectivity index (χ1) is 7.16. The zero-order valence-electron chi connectivity index (χ0n) is 9.10. The summed E-state index contributed by atoms with van der Waals surface area (Å²) in [5, 5.41) is 0. The van der Waals surface area contributed by atoms with E-state index >= 15 is 0 Å². The summed E-state index contributed by atoms with van der Waals surface area (Å²) in [7, 11) is -9.96. The summed E-state index contributed by atoms with van der Waals surface area (Å²) >= 11 is 0. The Morgan fingerprint density at radius 2 is 1.72 bits per heavy atom. The zero-order chi connectivity index (χ0) is 12.4. The van der Waals surface area contributed by atoms with Gasteiger partial charge in [-0.05, 0) is 6.16 Å². The van der Waals surface area contributed by atoms with Crippen molar-refractivity contribution in [2.45, 2.75) is 6.16 Å². The van der Waals surface area contributed by atoms with E-state index in [1.54, 1.807) is 0 Å². The third kappa shape index (κ3) is 9.01. The van der Waals surface area contributed by atoms with Crippen molar-refractivity contribution >= 4 is 15.4 Å². The molecule has 0 amide bonds. The molecule has 0 unspecified atom stereocenters. The normalized spacial score (nSPS) is 11.1. The van der Waals surface area contributed by atoms with Gasteiger partial charge in [0.1, 0.15) is 0 Å². The summed E-state index contributed by atoms with van der Waals surface area (Å²) in [5.74, 6) is -0.376. The maximum Gasteiger partial charge on any atom is 2.00 e. The standard InChI is InChI=1S/C7H9O7P2.CH3.W/c8-15(9,10)5-6-2-1-3-7(4-6)14-16(11,12)13;;/h2-4H,5H2,(H2,8,9,10)(H2,11,12,13);1H3;/q2*-1;+2/p-4. The maximum atomic E-state index is 10.4. The fourth-order valence-electron chi connectivity index (χ4n) is 0.994. The van der Waals surface area contributed by atoms with Crippen molar-refractivity contribution in [3.63, 3.8) is 0 Å². The molecule has 0 aliphatic carbocycles. The van der Waals surface area contributed by atoms with E-state index in [1.807, 2.05) is 0 Å². The second-order valence-electron chi connectivity index (χ2n) is 2.88. The quantitative estimate of drug-likeness (QED) is 0.395.